The van der Waals surface area contributed by atoms with Crippen molar-refractivity contribution in [1.29, 1.82) is 0 Å². The zero-order chi connectivity index (χ0) is 16.1. The van der Waals surface area contributed by atoms with Gasteiger partial charge in [-0.1, -0.05) is 0 Å². The third-order valence-electron chi connectivity index (χ3n) is 3.97. The van der Waals surface area contributed by atoms with Crippen molar-refractivity contribution in [3.8, 4) is 0 Å². The molecule has 21 heavy (non-hydrogen) atoms. The Balaban J connectivity index is 3.37. The molecule has 0 amide bonds. The van der Waals surface area contributed by atoms with Crippen LogP contribution in [0.1, 0.15) is 48.5 Å². The van der Waals surface area contributed by atoms with Crippen molar-refractivity contribution < 1.29 is 17.9 Å². The molecule has 0 aromatic heterocycles. The van der Waals surface area contributed by atoms with Crippen LogP contribution < -0.4 is 3.72 Å². The van der Waals surface area contributed by atoms with Crippen molar-refractivity contribution in [2.24, 2.45) is 0 Å². The van der Waals surface area contributed by atoms with Gasteiger partial charge in [0, 0.05) is 0 Å². The van der Waals surface area contributed by atoms with Crippen LogP contribution in [0.5, 0.6) is 0 Å². The molecule has 0 aromatic carbocycles. The van der Waals surface area contributed by atoms with Crippen LogP contribution in [0.15, 0.2) is 24.3 Å². The summed E-state index contributed by atoms with van der Waals surface area (Å²) in [5.74, 6) is 0. The molecular formula is C17H35N3Ta. The Labute approximate surface area is 136 Å². The van der Waals surface area contributed by atoms with Crippen LogP contribution in [0.4, 0.5) is 0 Å². The molecule has 123 valence electrons. The zero-order valence-corrected chi connectivity index (χ0v) is 18.3. The Morgan fingerprint density at radius 2 is 1.24 bits per heavy atom. The molecule has 0 fully saturated rings. The van der Waals surface area contributed by atoms with E-state index in [9.17, 15) is 0 Å². The van der Waals surface area contributed by atoms with Gasteiger partial charge in [-0.05, 0) is 0 Å². The van der Waals surface area contributed by atoms with Crippen molar-refractivity contribution in [1.82, 2.24) is 10.3 Å². The number of nitrogens with zero attached hydrogens (tertiary/aromatic N) is 2. The van der Waals surface area contributed by atoms with Gasteiger partial charge < -0.3 is 0 Å². The van der Waals surface area contributed by atoms with Gasteiger partial charge in [0.1, 0.15) is 0 Å². The van der Waals surface area contributed by atoms with E-state index >= 15 is 0 Å². The average molecular weight is 462 g/mol. The van der Waals surface area contributed by atoms with E-state index in [-0.39, 0.29) is 5.54 Å². The van der Waals surface area contributed by atoms with Crippen LogP contribution in [0.2, 0.25) is 4.14 Å². The van der Waals surface area contributed by atoms with Crippen molar-refractivity contribution in [2.45, 2.75) is 58.1 Å². The van der Waals surface area contributed by atoms with Crippen LogP contribution in [0.3, 0.4) is 0 Å². The van der Waals surface area contributed by atoms with Gasteiger partial charge in [-0.25, -0.2) is 0 Å². The van der Waals surface area contributed by atoms with Gasteiger partial charge >= 0.3 is 137 Å². The maximum atomic E-state index is 4.18. The van der Waals surface area contributed by atoms with Crippen LogP contribution in [-0.2, 0) is 17.9 Å². The average Bonchev–Trinajstić information content (AvgIpc) is 2.93. The third kappa shape index (κ3) is 4.31. The summed E-state index contributed by atoms with van der Waals surface area (Å²) < 4.78 is 10.3. The van der Waals surface area contributed by atoms with E-state index in [1.807, 2.05) is 0 Å². The van der Waals surface area contributed by atoms with Crippen molar-refractivity contribution in [3.05, 3.63) is 24.3 Å². The zero-order valence-electron chi connectivity index (χ0n) is 15.1. The molecule has 0 bridgehead atoms. The van der Waals surface area contributed by atoms with Gasteiger partial charge in [-0.3, -0.25) is 0 Å². The molecule has 0 atom stereocenters. The molecule has 1 rings (SSSR count). The quantitative estimate of drug-likeness (QED) is 0.591. The van der Waals surface area contributed by atoms with Gasteiger partial charge in [-0.15, -0.1) is 0 Å². The number of hydrogen-bond acceptors (Lipinski definition) is 3. The fraction of sp³-hybridized carbons (Fsp3) is 0.765. The van der Waals surface area contributed by atoms with E-state index in [0.717, 1.165) is 26.2 Å². The van der Waals surface area contributed by atoms with Gasteiger partial charge in [0.2, 0.25) is 0 Å². The maximum absolute atomic E-state index is 4.18. The van der Waals surface area contributed by atoms with Crippen molar-refractivity contribution >= 4 is 0 Å². The van der Waals surface area contributed by atoms with Crippen molar-refractivity contribution in [3.63, 3.8) is 0 Å². The van der Waals surface area contributed by atoms with Gasteiger partial charge in [-0.2, -0.15) is 0 Å². The van der Waals surface area contributed by atoms with E-state index in [1.54, 1.807) is 0 Å². The summed E-state index contributed by atoms with van der Waals surface area (Å²) in [6.45, 7) is 20.7. The van der Waals surface area contributed by atoms with Crippen LogP contribution in [-0.4, -0.2) is 38.3 Å². The first kappa shape index (κ1) is 19.1. The van der Waals surface area contributed by atoms with E-state index in [4.69, 9.17) is 0 Å². The molecular weight excluding hydrogens is 427 g/mol. The minimum atomic E-state index is -3.03. The predicted octanol–water partition coefficient (Wildman–Crippen LogP) is 3.87. The Bertz CT molecular complexity index is 339. The van der Waals surface area contributed by atoms with E-state index in [2.05, 4.69) is 83.1 Å². The first-order valence-corrected chi connectivity index (χ1v) is 14.7. The summed E-state index contributed by atoms with van der Waals surface area (Å²) >= 11 is -3.03. The Hall–Kier alpha value is 0.100. The normalized spacial score (nSPS) is 16.6. The standard InChI is InChI=1S/C5H5.3C4H10N.Ta/c1-2-4-5-3-1;1-4(2,3)5;2*1-3-5-4-2;/h1-5H;5H,1-3H3;2*3-4H2,1-2H3;/q;3*-1;+3. The first-order valence-electron chi connectivity index (χ1n) is 8.39. The fourth-order valence-corrected chi connectivity index (χ4v) is 21.0. The van der Waals surface area contributed by atoms with Crippen LogP contribution in [0, 0.1) is 0 Å². The van der Waals surface area contributed by atoms with Crippen molar-refractivity contribution in [2.75, 3.05) is 26.2 Å². The topological polar surface area (TPSA) is 18.5 Å². The predicted molar refractivity (Wildman–Crippen MR) is 90.8 cm³/mol. The Morgan fingerprint density at radius 1 is 0.857 bits per heavy atom. The van der Waals surface area contributed by atoms with Gasteiger partial charge in [0.05, 0.1) is 0 Å². The molecule has 0 saturated carbocycles. The van der Waals surface area contributed by atoms with E-state index < -0.39 is 17.9 Å². The van der Waals surface area contributed by atoms with E-state index in [0.29, 0.717) is 4.14 Å². The second-order valence-electron chi connectivity index (χ2n) is 6.55. The SMILES string of the molecule is CC[N](CC)[Ta]([NH]C(C)(C)C)([CH]1C=CC=C1)[N](CC)CC. The second-order valence-corrected chi connectivity index (χ2v) is 18.2. The molecule has 0 heterocycles. The Kier molecular flexibility index (Phi) is 7.38. The molecule has 1 aliphatic rings. The van der Waals surface area contributed by atoms with Crippen LogP contribution in [0.25, 0.3) is 0 Å². The summed E-state index contributed by atoms with van der Waals surface area (Å²) in [7, 11) is 0. The minimum absolute atomic E-state index is 0.147. The molecule has 0 aromatic rings. The molecule has 4 heteroatoms. The van der Waals surface area contributed by atoms with E-state index in [1.165, 1.54) is 0 Å². The monoisotopic (exact) mass is 462 g/mol. The number of rotatable bonds is 8. The molecule has 0 unspecified atom stereocenters. The molecule has 3 nitrogen and oxygen atoms in total. The number of hydrogen-bond donors (Lipinski definition) is 1. The summed E-state index contributed by atoms with van der Waals surface area (Å²) in [6, 6.07) is 0. The Morgan fingerprint density at radius 3 is 1.52 bits per heavy atom. The molecule has 1 aliphatic carbocycles. The second kappa shape index (κ2) is 8.09. The summed E-state index contributed by atoms with van der Waals surface area (Å²) in [5.41, 5.74) is 0.147. The number of allylic oxidation sites excluding steroid dienone is 4. The molecule has 0 radical (unpaired) electrons. The first-order chi connectivity index (χ1) is 9.85. The molecule has 0 spiro atoms. The van der Waals surface area contributed by atoms with Crippen LogP contribution >= 0.6 is 0 Å². The van der Waals surface area contributed by atoms with Gasteiger partial charge in [0.25, 0.3) is 0 Å². The summed E-state index contributed by atoms with van der Waals surface area (Å²) in [6.07, 6.45) is 9.31. The van der Waals surface area contributed by atoms with Gasteiger partial charge in [0.15, 0.2) is 0 Å². The molecule has 0 saturated heterocycles. The molecule has 0 aliphatic heterocycles. The summed E-state index contributed by atoms with van der Waals surface area (Å²) in [5, 5.41) is 0. The fourth-order valence-electron chi connectivity index (χ4n) is 3.24. The third-order valence-corrected chi connectivity index (χ3v) is 22.0. The molecule has 1 N–H and O–H groups in total. The number of nitrogens with one attached hydrogen (secondary N) is 1. The summed E-state index contributed by atoms with van der Waals surface area (Å²) in [4.78, 5) is 0.